The van der Waals surface area contributed by atoms with Crippen LogP contribution in [0.4, 0.5) is 11.5 Å². The van der Waals surface area contributed by atoms with Gasteiger partial charge in [-0.3, -0.25) is 9.78 Å². The third kappa shape index (κ3) is 6.14. The van der Waals surface area contributed by atoms with Gasteiger partial charge >= 0.3 is 0 Å². The number of rotatable bonds is 9. The summed E-state index contributed by atoms with van der Waals surface area (Å²) in [7, 11) is -3.64. The minimum absolute atomic E-state index is 0.192. The van der Waals surface area contributed by atoms with E-state index >= 15 is 0 Å². The van der Waals surface area contributed by atoms with Crippen molar-refractivity contribution in [1.82, 2.24) is 14.3 Å². The van der Waals surface area contributed by atoms with E-state index in [9.17, 15) is 13.2 Å². The Bertz CT molecular complexity index is 1210. The van der Waals surface area contributed by atoms with E-state index in [1.54, 1.807) is 55.0 Å². The molecule has 3 aromatic rings. The number of piperazine rings is 1. The predicted octanol–water partition coefficient (Wildman–Crippen LogP) is 3.42. The van der Waals surface area contributed by atoms with Crippen LogP contribution in [0.15, 0.2) is 72.0 Å². The molecule has 1 aliphatic heterocycles. The van der Waals surface area contributed by atoms with Gasteiger partial charge in [-0.2, -0.15) is 4.31 Å². The highest BCUT2D eigenvalue weighted by molar-refractivity contribution is 7.89. The molecule has 9 nitrogen and oxygen atoms in total. The van der Waals surface area contributed by atoms with Gasteiger partial charge in [0.2, 0.25) is 10.0 Å². The van der Waals surface area contributed by atoms with Crippen molar-refractivity contribution in [3.05, 3.63) is 72.7 Å². The number of carbonyl (C=O) groups is 1. The second-order valence-corrected chi connectivity index (χ2v) is 10.1. The maximum absolute atomic E-state index is 13.1. The zero-order chi connectivity index (χ0) is 24.7. The molecule has 1 fully saturated rings. The zero-order valence-electron chi connectivity index (χ0n) is 19.6. The van der Waals surface area contributed by atoms with E-state index < -0.39 is 10.0 Å². The van der Waals surface area contributed by atoms with Crippen molar-refractivity contribution in [3.63, 3.8) is 0 Å². The molecule has 0 unspecified atom stereocenters. The molecule has 1 amide bonds. The third-order valence-electron chi connectivity index (χ3n) is 5.75. The summed E-state index contributed by atoms with van der Waals surface area (Å²) >= 11 is 0. The largest absolute Gasteiger partial charge is 0.494 e. The lowest BCUT2D eigenvalue weighted by molar-refractivity contribution is 0.102. The Kier molecular flexibility index (Phi) is 7.94. The molecule has 1 saturated heterocycles. The van der Waals surface area contributed by atoms with E-state index in [0.717, 1.165) is 24.4 Å². The van der Waals surface area contributed by atoms with Gasteiger partial charge in [-0.15, -0.1) is 0 Å². The van der Waals surface area contributed by atoms with Crippen molar-refractivity contribution >= 4 is 27.4 Å². The summed E-state index contributed by atoms with van der Waals surface area (Å²) in [6.07, 6.45) is 6.94. The Morgan fingerprint density at radius 2 is 1.71 bits per heavy atom. The minimum atomic E-state index is -3.64. The number of hydrogen-bond donors (Lipinski definition) is 1. The molecule has 2 heterocycles. The number of nitrogens with one attached hydrogen (secondary N) is 1. The average molecular weight is 496 g/mol. The molecule has 35 heavy (non-hydrogen) atoms. The van der Waals surface area contributed by atoms with E-state index in [4.69, 9.17) is 4.74 Å². The van der Waals surface area contributed by atoms with Gasteiger partial charge in [0, 0.05) is 49.8 Å². The maximum atomic E-state index is 13.1. The number of benzene rings is 2. The Balaban J connectivity index is 1.33. The van der Waals surface area contributed by atoms with Gasteiger partial charge in [0.15, 0.2) is 0 Å². The quantitative estimate of drug-likeness (QED) is 0.454. The first kappa shape index (κ1) is 24.6. The highest BCUT2D eigenvalue weighted by Gasteiger charge is 2.29. The minimum Gasteiger partial charge on any atom is -0.494 e. The Hall–Kier alpha value is -3.50. The van der Waals surface area contributed by atoms with Crippen LogP contribution in [0.1, 0.15) is 30.1 Å². The molecule has 2 aromatic carbocycles. The monoisotopic (exact) mass is 495 g/mol. The van der Waals surface area contributed by atoms with Crippen LogP contribution in [0, 0.1) is 0 Å². The molecular formula is C25H29N5O4S. The van der Waals surface area contributed by atoms with Crippen LogP contribution < -0.4 is 15.0 Å². The van der Waals surface area contributed by atoms with Crippen LogP contribution in [0.3, 0.4) is 0 Å². The third-order valence-corrected chi connectivity index (χ3v) is 7.66. The number of carbonyl (C=O) groups excluding carboxylic acids is 1. The summed E-state index contributed by atoms with van der Waals surface area (Å²) in [6.45, 7) is 4.53. The van der Waals surface area contributed by atoms with Gasteiger partial charge in [0.1, 0.15) is 11.6 Å². The SMILES string of the molecule is CCCCOc1ccc(C(=O)Nc2ccc(S(=O)(=O)N3CCN(c4cnccn4)CC3)cc2)cc1. The van der Waals surface area contributed by atoms with Crippen molar-refractivity contribution in [2.24, 2.45) is 0 Å². The molecule has 0 radical (unpaired) electrons. The number of nitrogens with zero attached hydrogens (tertiary/aromatic N) is 4. The summed E-state index contributed by atoms with van der Waals surface area (Å²) in [5, 5.41) is 2.80. The first-order valence-corrected chi connectivity index (χ1v) is 13.1. The summed E-state index contributed by atoms with van der Waals surface area (Å²) in [4.78, 5) is 23.1. The maximum Gasteiger partial charge on any atom is 0.255 e. The zero-order valence-corrected chi connectivity index (χ0v) is 20.4. The van der Waals surface area contributed by atoms with Crippen LogP contribution in [-0.2, 0) is 10.0 Å². The lowest BCUT2D eigenvalue weighted by Crippen LogP contribution is -2.48. The van der Waals surface area contributed by atoms with Gasteiger partial charge in [-0.25, -0.2) is 13.4 Å². The molecule has 4 rings (SSSR count). The molecule has 0 bridgehead atoms. The van der Waals surface area contributed by atoms with Crippen LogP contribution in [0.5, 0.6) is 5.75 Å². The van der Waals surface area contributed by atoms with E-state index in [1.165, 1.54) is 16.4 Å². The number of anilines is 2. The van der Waals surface area contributed by atoms with E-state index in [1.807, 2.05) is 4.90 Å². The fraction of sp³-hybridized carbons (Fsp3) is 0.320. The molecule has 1 aliphatic rings. The van der Waals surface area contributed by atoms with Gasteiger partial charge in [-0.05, 0) is 55.0 Å². The number of hydrogen-bond acceptors (Lipinski definition) is 7. The van der Waals surface area contributed by atoms with Crippen molar-refractivity contribution < 1.29 is 17.9 Å². The molecule has 0 saturated carbocycles. The number of ether oxygens (including phenoxy) is 1. The van der Waals surface area contributed by atoms with E-state index in [2.05, 4.69) is 22.2 Å². The molecular weight excluding hydrogens is 466 g/mol. The Labute approximate surface area is 205 Å². The van der Waals surface area contributed by atoms with Gasteiger partial charge in [-0.1, -0.05) is 13.3 Å². The molecule has 0 atom stereocenters. The Morgan fingerprint density at radius 3 is 2.34 bits per heavy atom. The summed E-state index contributed by atoms with van der Waals surface area (Å²) in [5.41, 5.74) is 1.01. The smallest absolute Gasteiger partial charge is 0.255 e. The summed E-state index contributed by atoms with van der Waals surface area (Å²) in [5.74, 6) is 1.19. The van der Waals surface area contributed by atoms with Crippen LogP contribution >= 0.6 is 0 Å². The van der Waals surface area contributed by atoms with Crippen LogP contribution in [0.2, 0.25) is 0 Å². The van der Waals surface area contributed by atoms with Gasteiger partial charge in [0.05, 0.1) is 17.7 Å². The second-order valence-electron chi connectivity index (χ2n) is 8.16. The lowest BCUT2D eigenvalue weighted by Gasteiger charge is -2.34. The molecule has 1 N–H and O–H groups in total. The fourth-order valence-corrected chi connectivity index (χ4v) is 5.13. The van der Waals surface area contributed by atoms with Crippen LogP contribution in [0.25, 0.3) is 0 Å². The summed E-state index contributed by atoms with van der Waals surface area (Å²) < 4.78 is 33.3. The number of sulfonamides is 1. The van der Waals surface area contributed by atoms with Crippen molar-refractivity contribution in [2.45, 2.75) is 24.7 Å². The topological polar surface area (TPSA) is 105 Å². The average Bonchev–Trinajstić information content (AvgIpc) is 2.90. The Morgan fingerprint density at radius 1 is 1.00 bits per heavy atom. The van der Waals surface area contributed by atoms with E-state index in [0.29, 0.717) is 44.0 Å². The summed E-state index contributed by atoms with van der Waals surface area (Å²) in [6, 6.07) is 13.2. The number of amides is 1. The highest BCUT2D eigenvalue weighted by atomic mass is 32.2. The van der Waals surface area contributed by atoms with E-state index in [-0.39, 0.29) is 10.8 Å². The first-order chi connectivity index (χ1) is 17.0. The molecule has 10 heteroatoms. The normalized spacial score (nSPS) is 14.5. The predicted molar refractivity (Wildman–Crippen MR) is 134 cm³/mol. The standard InChI is InChI=1S/C25H29N5O4S/c1-2-3-18-34-22-8-4-20(5-9-22)25(31)28-21-6-10-23(11-7-21)35(32,33)30-16-14-29(15-17-30)24-19-26-12-13-27-24/h4-13,19H,2-3,14-18H2,1H3,(H,28,31). The van der Waals surface area contributed by atoms with Crippen molar-refractivity contribution in [3.8, 4) is 5.75 Å². The fourth-order valence-electron chi connectivity index (χ4n) is 3.71. The molecule has 1 aromatic heterocycles. The molecule has 0 spiro atoms. The van der Waals surface area contributed by atoms with Crippen molar-refractivity contribution in [2.75, 3.05) is 43.0 Å². The number of aromatic nitrogens is 2. The number of unbranched alkanes of at least 4 members (excludes halogenated alkanes) is 1. The van der Waals surface area contributed by atoms with Crippen molar-refractivity contribution in [1.29, 1.82) is 0 Å². The second kappa shape index (κ2) is 11.3. The van der Waals surface area contributed by atoms with Gasteiger partial charge in [0.25, 0.3) is 5.91 Å². The molecule has 0 aliphatic carbocycles. The first-order valence-electron chi connectivity index (χ1n) is 11.6. The van der Waals surface area contributed by atoms with Gasteiger partial charge < -0.3 is 15.0 Å². The lowest BCUT2D eigenvalue weighted by atomic mass is 10.2. The van der Waals surface area contributed by atoms with Crippen LogP contribution in [-0.4, -0.2) is 61.4 Å². The highest BCUT2D eigenvalue weighted by Crippen LogP contribution is 2.22. The molecule has 184 valence electrons.